The topological polar surface area (TPSA) is 0 Å². The van der Waals surface area contributed by atoms with Crippen LogP contribution in [-0.4, -0.2) is 0 Å². The van der Waals surface area contributed by atoms with E-state index in [-0.39, 0.29) is 58.9 Å². The Morgan fingerprint density at radius 3 is 1.86 bits per heavy atom. The van der Waals surface area contributed by atoms with Crippen molar-refractivity contribution in [3.05, 3.63) is 83.7 Å². The summed E-state index contributed by atoms with van der Waals surface area (Å²) >= 11 is 0. The van der Waals surface area contributed by atoms with E-state index in [2.05, 4.69) is 0 Å². The Kier molecular flexibility index (Phi) is 2.05. The van der Waals surface area contributed by atoms with Gasteiger partial charge in [-0.1, -0.05) is 92.0 Å². The summed E-state index contributed by atoms with van der Waals surface area (Å²) in [6.45, 7) is 5.29. The van der Waals surface area contributed by atoms with E-state index in [1.165, 1.54) is 6.92 Å². The second kappa shape index (κ2) is 6.19. The third kappa shape index (κ3) is 2.82. The molecule has 3 aromatic carbocycles. The van der Waals surface area contributed by atoms with Crippen LogP contribution in [0.5, 0.6) is 0 Å². The smallest absolute Gasteiger partial charge is 0.0622 e. The summed E-state index contributed by atoms with van der Waals surface area (Å²) in [4.78, 5) is 0. The number of hydrogen-bond acceptors (Lipinski definition) is 0. The summed E-state index contributed by atoms with van der Waals surface area (Å²) in [6, 6.07) is 2.41. The molecule has 0 aromatic heterocycles. The molecule has 0 saturated carbocycles. The minimum absolute atomic E-state index is 0.0546. The van der Waals surface area contributed by atoms with Crippen molar-refractivity contribution in [1.29, 1.82) is 0 Å². The third-order valence-corrected chi connectivity index (χ3v) is 3.47. The van der Waals surface area contributed by atoms with Crippen molar-refractivity contribution >= 4 is 0 Å². The number of benzene rings is 3. The SMILES string of the molecule is [2H]c1c([2H])c([2H])c(-c2cccc(-c3c([2H])c([2H])c(C)c([2H])c3[2H])c2C(C)C)c([2H])c1[2H]. The van der Waals surface area contributed by atoms with E-state index in [0.717, 1.165) is 0 Å². The van der Waals surface area contributed by atoms with Gasteiger partial charge in [-0.3, -0.25) is 0 Å². The van der Waals surface area contributed by atoms with Crippen LogP contribution in [0.15, 0.2) is 72.6 Å². The van der Waals surface area contributed by atoms with Crippen LogP contribution in [0.25, 0.3) is 22.3 Å². The molecule has 0 radical (unpaired) electrons. The summed E-state index contributed by atoms with van der Waals surface area (Å²) < 4.78 is 73.9. The van der Waals surface area contributed by atoms with Crippen molar-refractivity contribution in [2.75, 3.05) is 0 Å². The molecule has 3 aromatic rings. The van der Waals surface area contributed by atoms with Gasteiger partial charge in [-0.2, -0.15) is 0 Å². The average Bonchev–Trinajstić information content (AvgIpc) is 2.73. The summed E-state index contributed by atoms with van der Waals surface area (Å²) in [6.07, 6.45) is 0. The molecule has 0 aliphatic carbocycles. The Morgan fingerprint density at radius 2 is 1.32 bits per heavy atom. The van der Waals surface area contributed by atoms with Crippen molar-refractivity contribution in [2.45, 2.75) is 26.7 Å². The molecule has 22 heavy (non-hydrogen) atoms. The molecule has 0 spiro atoms. The minimum Gasteiger partial charge on any atom is -0.0622 e. The van der Waals surface area contributed by atoms with Crippen LogP contribution in [0, 0.1) is 6.92 Å². The Morgan fingerprint density at radius 1 is 0.773 bits per heavy atom. The molecule has 110 valence electrons. The fourth-order valence-corrected chi connectivity index (χ4v) is 2.52. The lowest BCUT2D eigenvalue weighted by atomic mass is 9.86. The van der Waals surface area contributed by atoms with Crippen LogP contribution >= 0.6 is 0 Å². The quantitative estimate of drug-likeness (QED) is 0.520. The van der Waals surface area contributed by atoms with Gasteiger partial charge in [-0.05, 0) is 40.7 Å². The van der Waals surface area contributed by atoms with Crippen LogP contribution in [0.1, 0.15) is 43.2 Å². The van der Waals surface area contributed by atoms with Crippen LogP contribution in [0.4, 0.5) is 0 Å². The highest BCUT2D eigenvalue weighted by Crippen LogP contribution is 2.37. The van der Waals surface area contributed by atoms with E-state index in [1.54, 1.807) is 18.2 Å². The molecule has 3 rings (SSSR count). The van der Waals surface area contributed by atoms with Gasteiger partial charge in [0.1, 0.15) is 0 Å². The molecule has 0 N–H and O–H groups in total. The van der Waals surface area contributed by atoms with Gasteiger partial charge in [0.15, 0.2) is 0 Å². The summed E-state index contributed by atoms with van der Waals surface area (Å²) in [5.74, 6) is -0.187. The van der Waals surface area contributed by atoms with Crippen LogP contribution < -0.4 is 0 Å². The van der Waals surface area contributed by atoms with Crippen molar-refractivity contribution in [3.8, 4) is 22.3 Å². The molecular weight excluding hydrogens is 264 g/mol. The summed E-state index contributed by atoms with van der Waals surface area (Å²) in [7, 11) is 0. The average molecular weight is 295 g/mol. The van der Waals surface area contributed by atoms with Crippen molar-refractivity contribution in [3.63, 3.8) is 0 Å². The molecule has 0 amide bonds. The second-order valence-electron chi connectivity index (χ2n) is 5.42. The van der Waals surface area contributed by atoms with Gasteiger partial charge >= 0.3 is 0 Å². The zero-order chi connectivity index (χ0) is 23.4. The molecule has 0 fully saturated rings. The number of rotatable bonds is 3. The number of hydrogen-bond donors (Lipinski definition) is 0. The maximum Gasteiger partial charge on any atom is 0.0629 e. The zero-order valence-electron chi connectivity index (χ0n) is 21.8. The van der Waals surface area contributed by atoms with E-state index in [1.807, 2.05) is 13.8 Å². The first-order valence-electron chi connectivity index (χ1n) is 11.7. The summed E-state index contributed by atoms with van der Waals surface area (Å²) in [5, 5.41) is 0. The molecule has 0 aliphatic rings. The molecule has 0 nitrogen and oxygen atoms in total. The fraction of sp³-hybridized carbons (Fsp3) is 0.182. The highest BCUT2D eigenvalue weighted by Gasteiger charge is 2.14. The van der Waals surface area contributed by atoms with E-state index >= 15 is 0 Å². The molecule has 0 aliphatic heterocycles. The van der Waals surface area contributed by atoms with Crippen molar-refractivity contribution < 1.29 is 12.3 Å². The van der Waals surface area contributed by atoms with Gasteiger partial charge in [-0.15, -0.1) is 0 Å². The maximum absolute atomic E-state index is 8.46. The van der Waals surface area contributed by atoms with Gasteiger partial charge < -0.3 is 0 Å². The van der Waals surface area contributed by atoms with E-state index in [9.17, 15) is 0 Å². The van der Waals surface area contributed by atoms with E-state index in [4.69, 9.17) is 12.3 Å². The monoisotopic (exact) mass is 295 g/mol. The summed E-state index contributed by atoms with van der Waals surface area (Å²) in [5.41, 5.74) is 1.92. The second-order valence-corrected chi connectivity index (χ2v) is 5.42. The minimum atomic E-state index is -0.473. The highest BCUT2D eigenvalue weighted by atomic mass is 14.2. The van der Waals surface area contributed by atoms with E-state index in [0.29, 0.717) is 16.7 Å². The Bertz CT molecular complexity index is 1070. The van der Waals surface area contributed by atoms with Gasteiger partial charge in [0.05, 0.1) is 12.3 Å². The van der Waals surface area contributed by atoms with Crippen LogP contribution in [0.3, 0.4) is 0 Å². The first-order chi connectivity index (χ1) is 14.4. The maximum atomic E-state index is 8.46. The lowest BCUT2D eigenvalue weighted by Crippen LogP contribution is -1.96. The molecule has 0 bridgehead atoms. The Balaban J connectivity index is 2.49. The van der Waals surface area contributed by atoms with E-state index < -0.39 is 18.1 Å². The Hall–Kier alpha value is -2.34. The molecule has 0 saturated heterocycles. The first kappa shape index (κ1) is 7.28. The predicted octanol–water partition coefficient (Wildman–Crippen LogP) is 6.45. The lowest BCUT2D eigenvalue weighted by Gasteiger charge is -2.18. The zero-order valence-corrected chi connectivity index (χ0v) is 12.8. The molecule has 0 atom stereocenters. The van der Waals surface area contributed by atoms with Crippen molar-refractivity contribution in [1.82, 2.24) is 0 Å². The first-order valence-corrected chi connectivity index (χ1v) is 7.19. The molecule has 0 heteroatoms. The van der Waals surface area contributed by atoms with Gasteiger partial charge in [0.25, 0.3) is 0 Å². The third-order valence-electron chi connectivity index (χ3n) is 3.47. The van der Waals surface area contributed by atoms with Gasteiger partial charge in [0.2, 0.25) is 0 Å². The fourth-order valence-electron chi connectivity index (χ4n) is 2.52. The largest absolute Gasteiger partial charge is 0.0629 e. The highest BCUT2D eigenvalue weighted by molar-refractivity contribution is 5.79. The van der Waals surface area contributed by atoms with Crippen LogP contribution in [-0.2, 0) is 0 Å². The van der Waals surface area contributed by atoms with Crippen molar-refractivity contribution in [2.24, 2.45) is 0 Å². The lowest BCUT2D eigenvalue weighted by molar-refractivity contribution is 0.871. The van der Waals surface area contributed by atoms with Gasteiger partial charge in [-0.25, -0.2) is 0 Å². The molecular formula is C22H22. The standard InChI is InChI=1S/C22H22/c1-16(2)22-20(18-8-5-4-6-9-18)10-7-11-21(22)19-14-12-17(3)13-15-19/h4-16H,1-3H3/i4D,5D,6D,8D,9D,12D,13D,14D,15D. The molecule has 0 heterocycles. The molecule has 0 unspecified atom stereocenters. The van der Waals surface area contributed by atoms with Gasteiger partial charge in [0, 0.05) is 0 Å². The predicted molar refractivity (Wildman–Crippen MR) is 96.1 cm³/mol. The normalized spacial score (nSPS) is 16.6. The van der Waals surface area contributed by atoms with Crippen LogP contribution in [0.2, 0.25) is 0 Å². The Labute approximate surface area is 146 Å².